The Morgan fingerprint density at radius 2 is 1.63 bits per heavy atom. The van der Waals surface area contributed by atoms with Crippen LogP contribution in [0.3, 0.4) is 0 Å². The van der Waals surface area contributed by atoms with Crippen LogP contribution in [0.2, 0.25) is 0 Å². The van der Waals surface area contributed by atoms with Gasteiger partial charge in [0.2, 0.25) is 0 Å². The third-order valence-electron chi connectivity index (χ3n) is 4.82. The molecule has 0 amide bonds. The molecule has 0 radical (unpaired) electrons. The molecule has 0 spiro atoms. The van der Waals surface area contributed by atoms with Gasteiger partial charge in [-0.3, -0.25) is 9.88 Å². The maximum absolute atomic E-state index is 4.47. The minimum Gasteiger partial charge on any atom is -0.366 e. The van der Waals surface area contributed by atoms with Crippen LogP contribution in [0.15, 0.2) is 67.3 Å². The number of nitrogens with zero attached hydrogens (tertiary/aromatic N) is 5. The van der Waals surface area contributed by atoms with E-state index in [0.717, 1.165) is 50.9 Å². The van der Waals surface area contributed by atoms with Crippen molar-refractivity contribution in [3.8, 4) is 0 Å². The zero-order chi connectivity index (χ0) is 18.3. The van der Waals surface area contributed by atoms with Crippen molar-refractivity contribution in [3.63, 3.8) is 0 Å². The maximum Gasteiger partial charge on any atom is 0.134 e. The number of pyridine rings is 1. The molecule has 6 nitrogen and oxygen atoms in total. The zero-order valence-corrected chi connectivity index (χ0v) is 15.3. The van der Waals surface area contributed by atoms with E-state index in [1.54, 1.807) is 18.7 Å². The lowest BCUT2D eigenvalue weighted by Crippen LogP contribution is -2.46. The molecular formula is C21H24N6. The van der Waals surface area contributed by atoms with Crippen LogP contribution in [-0.2, 0) is 13.1 Å². The first-order valence-electron chi connectivity index (χ1n) is 9.33. The maximum atomic E-state index is 4.47. The van der Waals surface area contributed by atoms with Gasteiger partial charge < -0.3 is 10.2 Å². The molecule has 27 heavy (non-hydrogen) atoms. The molecule has 4 rings (SSSR count). The van der Waals surface area contributed by atoms with Crippen LogP contribution in [0.4, 0.5) is 11.6 Å². The Balaban J connectivity index is 1.32. The van der Waals surface area contributed by atoms with Crippen LogP contribution in [0.1, 0.15) is 11.1 Å². The summed E-state index contributed by atoms with van der Waals surface area (Å²) in [6.07, 6.45) is 5.25. The van der Waals surface area contributed by atoms with E-state index in [2.05, 4.69) is 60.4 Å². The summed E-state index contributed by atoms with van der Waals surface area (Å²) in [7, 11) is 0. The Labute approximate surface area is 159 Å². The summed E-state index contributed by atoms with van der Waals surface area (Å²) >= 11 is 0. The van der Waals surface area contributed by atoms with Crippen molar-refractivity contribution in [2.24, 2.45) is 0 Å². The Kier molecular flexibility index (Phi) is 5.55. The lowest BCUT2D eigenvalue weighted by Gasteiger charge is -2.35. The number of anilines is 2. The SMILES string of the molecule is c1ccc(CN2CCN(c3cc(NCc4ccncc4)ncn3)CC2)cc1. The van der Waals surface area contributed by atoms with Crippen LogP contribution >= 0.6 is 0 Å². The predicted octanol–water partition coefficient (Wildman–Crippen LogP) is 2.81. The minimum atomic E-state index is 0.726. The fraction of sp³-hybridized carbons (Fsp3) is 0.286. The summed E-state index contributed by atoms with van der Waals surface area (Å²) in [4.78, 5) is 17.7. The van der Waals surface area contributed by atoms with Gasteiger partial charge in [-0.15, -0.1) is 0 Å². The number of benzene rings is 1. The Hall–Kier alpha value is -2.99. The monoisotopic (exact) mass is 360 g/mol. The standard InChI is InChI=1S/C21H24N6/c1-2-4-19(5-3-1)16-26-10-12-27(13-11-26)21-14-20(24-17-25-21)23-15-18-6-8-22-9-7-18/h1-9,14,17H,10-13,15-16H2,(H,23,24,25). The van der Waals surface area contributed by atoms with Gasteiger partial charge in [-0.05, 0) is 23.3 Å². The van der Waals surface area contributed by atoms with Crippen LogP contribution in [0, 0.1) is 0 Å². The zero-order valence-electron chi connectivity index (χ0n) is 15.3. The van der Waals surface area contributed by atoms with Gasteiger partial charge >= 0.3 is 0 Å². The third-order valence-corrected chi connectivity index (χ3v) is 4.82. The van der Waals surface area contributed by atoms with Crippen molar-refractivity contribution in [1.82, 2.24) is 19.9 Å². The van der Waals surface area contributed by atoms with Gasteiger partial charge in [0.25, 0.3) is 0 Å². The largest absolute Gasteiger partial charge is 0.366 e. The molecule has 0 atom stereocenters. The van der Waals surface area contributed by atoms with Crippen molar-refractivity contribution in [1.29, 1.82) is 0 Å². The van der Waals surface area contributed by atoms with E-state index in [0.29, 0.717) is 0 Å². The van der Waals surface area contributed by atoms with Gasteiger partial charge in [-0.25, -0.2) is 9.97 Å². The average molecular weight is 360 g/mol. The van der Waals surface area contributed by atoms with E-state index in [1.807, 2.05) is 18.2 Å². The molecular weight excluding hydrogens is 336 g/mol. The van der Waals surface area contributed by atoms with Crippen molar-refractivity contribution in [2.75, 3.05) is 36.4 Å². The molecule has 1 aliphatic rings. The van der Waals surface area contributed by atoms with E-state index >= 15 is 0 Å². The number of rotatable bonds is 6. The Morgan fingerprint density at radius 3 is 2.41 bits per heavy atom. The highest BCUT2D eigenvalue weighted by Crippen LogP contribution is 2.17. The molecule has 0 bridgehead atoms. The molecule has 0 saturated carbocycles. The minimum absolute atomic E-state index is 0.726. The van der Waals surface area contributed by atoms with E-state index in [1.165, 1.54) is 11.1 Å². The average Bonchev–Trinajstić information content (AvgIpc) is 2.75. The molecule has 1 aromatic carbocycles. The molecule has 138 valence electrons. The van der Waals surface area contributed by atoms with E-state index in [-0.39, 0.29) is 0 Å². The van der Waals surface area contributed by atoms with Gasteiger partial charge in [0.15, 0.2) is 0 Å². The smallest absolute Gasteiger partial charge is 0.134 e. The lowest BCUT2D eigenvalue weighted by molar-refractivity contribution is 0.249. The van der Waals surface area contributed by atoms with Crippen molar-refractivity contribution >= 4 is 11.6 Å². The highest BCUT2D eigenvalue weighted by molar-refractivity contribution is 5.49. The van der Waals surface area contributed by atoms with Gasteiger partial charge in [0, 0.05) is 57.7 Å². The lowest BCUT2D eigenvalue weighted by atomic mass is 10.2. The van der Waals surface area contributed by atoms with Crippen LogP contribution in [0.5, 0.6) is 0 Å². The molecule has 6 heteroatoms. The molecule has 1 aliphatic heterocycles. The quantitative estimate of drug-likeness (QED) is 0.729. The van der Waals surface area contributed by atoms with Gasteiger partial charge in [-0.1, -0.05) is 30.3 Å². The Morgan fingerprint density at radius 1 is 0.852 bits per heavy atom. The first-order valence-corrected chi connectivity index (χ1v) is 9.33. The van der Waals surface area contributed by atoms with Gasteiger partial charge in [0.1, 0.15) is 18.0 Å². The Bertz CT molecular complexity index is 832. The van der Waals surface area contributed by atoms with Crippen molar-refractivity contribution in [2.45, 2.75) is 13.1 Å². The second-order valence-electron chi connectivity index (χ2n) is 6.72. The van der Waals surface area contributed by atoms with Crippen LogP contribution in [0.25, 0.3) is 0 Å². The van der Waals surface area contributed by atoms with Crippen LogP contribution in [-0.4, -0.2) is 46.0 Å². The van der Waals surface area contributed by atoms with E-state index < -0.39 is 0 Å². The highest BCUT2D eigenvalue weighted by Gasteiger charge is 2.18. The molecule has 3 heterocycles. The number of piperazine rings is 1. The molecule has 1 fully saturated rings. The second kappa shape index (κ2) is 8.60. The molecule has 1 saturated heterocycles. The summed E-state index contributed by atoms with van der Waals surface area (Å²) in [5.41, 5.74) is 2.55. The molecule has 2 aromatic heterocycles. The van der Waals surface area contributed by atoms with Crippen molar-refractivity contribution < 1.29 is 0 Å². The first-order chi connectivity index (χ1) is 13.4. The van der Waals surface area contributed by atoms with Crippen LogP contribution < -0.4 is 10.2 Å². The molecule has 1 N–H and O–H groups in total. The first kappa shape index (κ1) is 17.4. The summed E-state index contributed by atoms with van der Waals surface area (Å²) in [5, 5.41) is 3.37. The number of hydrogen-bond donors (Lipinski definition) is 1. The second-order valence-corrected chi connectivity index (χ2v) is 6.72. The van der Waals surface area contributed by atoms with Gasteiger partial charge in [0.05, 0.1) is 0 Å². The fourth-order valence-corrected chi connectivity index (χ4v) is 3.29. The van der Waals surface area contributed by atoms with E-state index in [4.69, 9.17) is 0 Å². The highest BCUT2D eigenvalue weighted by atomic mass is 15.3. The van der Waals surface area contributed by atoms with Gasteiger partial charge in [-0.2, -0.15) is 0 Å². The summed E-state index contributed by atoms with van der Waals surface area (Å²) in [6.45, 7) is 5.78. The summed E-state index contributed by atoms with van der Waals surface area (Å²) in [5.74, 6) is 1.84. The topological polar surface area (TPSA) is 57.2 Å². The predicted molar refractivity (Wildman–Crippen MR) is 108 cm³/mol. The third kappa shape index (κ3) is 4.80. The normalized spacial score (nSPS) is 14.9. The fourth-order valence-electron chi connectivity index (χ4n) is 3.29. The molecule has 0 unspecified atom stereocenters. The van der Waals surface area contributed by atoms with Crippen molar-refractivity contribution in [3.05, 3.63) is 78.4 Å². The summed E-state index contributed by atoms with van der Waals surface area (Å²) < 4.78 is 0. The van der Waals surface area contributed by atoms with E-state index in [9.17, 15) is 0 Å². The number of aromatic nitrogens is 3. The molecule has 3 aromatic rings. The summed E-state index contributed by atoms with van der Waals surface area (Å²) in [6, 6.07) is 16.7. The molecule has 0 aliphatic carbocycles. The number of hydrogen-bond acceptors (Lipinski definition) is 6. The number of nitrogens with one attached hydrogen (secondary N) is 1.